The topological polar surface area (TPSA) is 106 Å². The summed E-state index contributed by atoms with van der Waals surface area (Å²) in [6.07, 6.45) is 5.78. The minimum absolute atomic E-state index is 0.153. The lowest BCUT2D eigenvalue weighted by Crippen LogP contribution is -2.42. The number of aromatic nitrogens is 3. The van der Waals surface area contributed by atoms with Crippen LogP contribution in [0.15, 0.2) is 30.6 Å². The Morgan fingerprint density at radius 2 is 2.09 bits per heavy atom. The Bertz CT molecular complexity index is 646. The Morgan fingerprint density at radius 3 is 2.74 bits per heavy atom. The van der Waals surface area contributed by atoms with Gasteiger partial charge in [-0.1, -0.05) is 0 Å². The van der Waals surface area contributed by atoms with Crippen molar-refractivity contribution in [1.29, 1.82) is 0 Å². The van der Waals surface area contributed by atoms with Crippen molar-refractivity contribution < 1.29 is 9.84 Å². The van der Waals surface area contributed by atoms with E-state index in [0.29, 0.717) is 17.6 Å². The molecule has 23 heavy (non-hydrogen) atoms. The normalized spacial score (nSPS) is 21.3. The molecular formula is C16H21N5O2. The van der Waals surface area contributed by atoms with Crippen molar-refractivity contribution in [3.63, 3.8) is 0 Å². The molecule has 0 spiro atoms. The van der Waals surface area contributed by atoms with Gasteiger partial charge in [0.1, 0.15) is 5.82 Å². The molecular weight excluding hydrogens is 294 g/mol. The molecule has 2 heterocycles. The second-order valence-electron chi connectivity index (χ2n) is 5.85. The van der Waals surface area contributed by atoms with Crippen LogP contribution in [0.25, 0.3) is 0 Å². The highest BCUT2D eigenvalue weighted by molar-refractivity contribution is 5.44. The number of aliphatic hydroxyl groups excluding tert-OH is 1. The van der Waals surface area contributed by atoms with Crippen LogP contribution in [0.2, 0.25) is 0 Å². The van der Waals surface area contributed by atoms with Crippen molar-refractivity contribution >= 4 is 11.8 Å². The number of ether oxygens (including phenoxy) is 1. The molecule has 0 saturated heterocycles. The van der Waals surface area contributed by atoms with E-state index < -0.39 is 0 Å². The van der Waals surface area contributed by atoms with Crippen molar-refractivity contribution in [2.45, 2.75) is 31.4 Å². The standard InChI is InChI=1S/C16H21N5O2/c1-23-15-9-14(20-16(17)21-15)19-13(11-7-12(22)8-11)6-10-2-4-18-5-3-10/h2-5,9,11-13,22H,6-8H2,1H3,(H3,17,19,20,21). The molecule has 1 aliphatic carbocycles. The lowest BCUT2D eigenvalue weighted by molar-refractivity contribution is 0.0341. The van der Waals surface area contributed by atoms with E-state index >= 15 is 0 Å². The van der Waals surface area contributed by atoms with Crippen molar-refractivity contribution in [2.24, 2.45) is 5.92 Å². The zero-order valence-electron chi connectivity index (χ0n) is 13.0. The molecule has 2 aromatic heterocycles. The fourth-order valence-electron chi connectivity index (χ4n) is 2.88. The second-order valence-corrected chi connectivity index (χ2v) is 5.85. The van der Waals surface area contributed by atoms with Crippen LogP contribution < -0.4 is 15.8 Å². The van der Waals surface area contributed by atoms with Crippen LogP contribution in [-0.4, -0.2) is 39.3 Å². The highest BCUT2D eigenvalue weighted by Gasteiger charge is 2.34. The third-order valence-electron chi connectivity index (χ3n) is 4.19. The van der Waals surface area contributed by atoms with Gasteiger partial charge in [0.05, 0.1) is 13.2 Å². The van der Waals surface area contributed by atoms with Gasteiger partial charge >= 0.3 is 0 Å². The Labute approximate surface area is 134 Å². The number of nitrogens with two attached hydrogens (primary N) is 1. The molecule has 7 nitrogen and oxygen atoms in total. The number of nitrogens with zero attached hydrogens (tertiary/aromatic N) is 3. The number of pyridine rings is 1. The van der Waals surface area contributed by atoms with Gasteiger partial charge in [-0.25, -0.2) is 0 Å². The second kappa shape index (κ2) is 6.78. The maximum atomic E-state index is 9.62. The zero-order chi connectivity index (χ0) is 16.2. The summed E-state index contributed by atoms with van der Waals surface area (Å²) in [6.45, 7) is 0. The van der Waals surface area contributed by atoms with Crippen molar-refractivity contribution in [2.75, 3.05) is 18.2 Å². The predicted octanol–water partition coefficient (Wildman–Crippen LogP) is 1.26. The van der Waals surface area contributed by atoms with Crippen LogP contribution in [0.1, 0.15) is 18.4 Å². The minimum Gasteiger partial charge on any atom is -0.481 e. The van der Waals surface area contributed by atoms with Crippen LogP contribution in [0, 0.1) is 5.92 Å². The Hall–Kier alpha value is -2.41. The maximum absolute atomic E-state index is 9.62. The number of anilines is 2. The molecule has 1 fully saturated rings. The fourth-order valence-corrected chi connectivity index (χ4v) is 2.88. The van der Waals surface area contributed by atoms with E-state index in [-0.39, 0.29) is 18.1 Å². The number of hydrogen-bond acceptors (Lipinski definition) is 7. The number of methoxy groups -OCH3 is 1. The molecule has 3 rings (SSSR count). The van der Waals surface area contributed by atoms with Gasteiger partial charge in [-0.3, -0.25) is 4.98 Å². The number of nitrogens with one attached hydrogen (secondary N) is 1. The lowest BCUT2D eigenvalue weighted by atomic mass is 9.75. The molecule has 2 aromatic rings. The zero-order valence-corrected chi connectivity index (χ0v) is 13.0. The van der Waals surface area contributed by atoms with E-state index in [4.69, 9.17) is 10.5 Å². The van der Waals surface area contributed by atoms with Crippen LogP contribution in [0.4, 0.5) is 11.8 Å². The molecule has 1 atom stereocenters. The van der Waals surface area contributed by atoms with E-state index in [1.807, 2.05) is 12.1 Å². The van der Waals surface area contributed by atoms with Crippen LogP contribution >= 0.6 is 0 Å². The Morgan fingerprint density at radius 1 is 1.35 bits per heavy atom. The average Bonchev–Trinajstić information content (AvgIpc) is 2.51. The van der Waals surface area contributed by atoms with Gasteiger partial charge in [0, 0.05) is 24.5 Å². The molecule has 122 valence electrons. The largest absolute Gasteiger partial charge is 0.481 e. The quantitative estimate of drug-likeness (QED) is 0.736. The molecule has 0 amide bonds. The van der Waals surface area contributed by atoms with Crippen molar-refractivity contribution in [3.05, 3.63) is 36.2 Å². The van der Waals surface area contributed by atoms with Gasteiger partial charge in [0.25, 0.3) is 0 Å². The van der Waals surface area contributed by atoms with Crippen LogP contribution in [-0.2, 0) is 6.42 Å². The van der Waals surface area contributed by atoms with E-state index in [2.05, 4.69) is 20.3 Å². The first-order chi connectivity index (χ1) is 11.1. The minimum atomic E-state index is -0.202. The molecule has 0 aliphatic heterocycles. The fraction of sp³-hybridized carbons (Fsp3) is 0.438. The Kier molecular flexibility index (Phi) is 4.57. The smallest absolute Gasteiger partial charge is 0.225 e. The van der Waals surface area contributed by atoms with E-state index in [1.165, 1.54) is 5.56 Å². The molecule has 0 bridgehead atoms. The first-order valence-electron chi connectivity index (χ1n) is 7.66. The van der Waals surface area contributed by atoms with Gasteiger partial charge in [-0.05, 0) is 42.9 Å². The third-order valence-corrected chi connectivity index (χ3v) is 4.19. The number of rotatable bonds is 6. The highest BCUT2D eigenvalue weighted by atomic mass is 16.5. The molecule has 0 aromatic carbocycles. The van der Waals surface area contributed by atoms with Gasteiger partial charge in [0.2, 0.25) is 11.8 Å². The summed E-state index contributed by atoms with van der Waals surface area (Å²) in [5, 5.41) is 13.0. The van der Waals surface area contributed by atoms with Crippen molar-refractivity contribution in [1.82, 2.24) is 15.0 Å². The van der Waals surface area contributed by atoms with Gasteiger partial charge < -0.3 is 20.9 Å². The summed E-state index contributed by atoms with van der Waals surface area (Å²) in [6, 6.07) is 5.88. The summed E-state index contributed by atoms with van der Waals surface area (Å²) >= 11 is 0. The lowest BCUT2D eigenvalue weighted by Gasteiger charge is -2.38. The molecule has 4 N–H and O–H groups in total. The predicted molar refractivity (Wildman–Crippen MR) is 87.1 cm³/mol. The first-order valence-corrected chi connectivity index (χ1v) is 7.66. The van der Waals surface area contributed by atoms with E-state index in [0.717, 1.165) is 19.3 Å². The molecule has 7 heteroatoms. The van der Waals surface area contributed by atoms with Crippen molar-refractivity contribution in [3.8, 4) is 5.88 Å². The average molecular weight is 315 g/mol. The maximum Gasteiger partial charge on any atom is 0.225 e. The summed E-state index contributed by atoms with van der Waals surface area (Å²) in [5.74, 6) is 1.62. The molecule has 1 aliphatic rings. The number of hydrogen-bond donors (Lipinski definition) is 3. The Balaban J connectivity index is 1.77. The first kappa shape index (κ1) is 15.5. The molecule has 1 unspecified atom stereocenters. The summed E-state index contributed by atoms with van der Waals surface area (Å²) in [7, 11) is 1.54. The summed E-state index contributed by atoms with van der Waals surface area (Å²) in [4.78, 5) is 12.3. The van der Waals surface area contributed by atoms with Gasteiger partial charge in [0.15, 0.2) is 0 Å². The number of nitrogen functional groups attached to an aromatic ring is 1. The van der Waals surface area contributed by atoms with Gasteiger partial charge in [-0.15, -0.1) is 0 Å². The number of aliphatic hydroxyl groups is 1. The van der Waals surface area contributed by atoms with Crippen LogP contribution in [0.5, 0.6) is 5.88 Å². The molecule has 0 radical (unpaired) electrons. The third kappa shape index (κ3) is 3.87. The highest BCUT2D eigenvalue weighted by Crippen LogP contribution is 2.33. The summed E-state index contributed by atoms with van der Waals surface area (Å²) in [5.41, 5.74) is 6.91. The van der Waals surface area contributed by atoms with Gasteiger partial charge in [-0.2, -0.15) is 9.97 Å². The monoisotopic (exact) mass is 315 g/mol. The summed E-state index contributed by atoms with van der Waals surface area (Å²) < 4.78 is 5.13. The SMILES string of the molecule is COc1cc(NC(Cc2ccncc2)C2CC(O)C2)nc(N)n1. The van der Waals surface area contributed by atoms with Crippen LogP contribution in [0.3, 0.4) is 0 Å². The van der Waals surface area contributed by atoms with E-state index in [9.17, 15) is 5.11 Å². The molecule has 1 saturated carbocycles. The van der Waals surface area contributed by atoms with E-state index in [1.54, 1.807) is 25.6 Å².